The maximum atomic E-state index is 12.2. The van der Waals surface area contributed by atoms with Gasteiger partial charge in [-0.05, 0) is 36.5 Å². The summed E-state index contributed by atoms with van der Waals surface area (Å²) in [6.07, 6.45) is 0. The van der Waals surface area contributed by atoms with Crippen molar-refractivity contribution in [1.29, 1.82) is 0 Å². The van der Waals surface area contributed by atoms with Crippen LogP contribution in [0, 0.1) is 0 Å². The molecule has 0 aromatic heterocycles. The SMILES string of the molecule is O=C(CNC(=S)Nc1ccc(SC(F)F)cc1)c1ccccc1. The van der Waals surface area contributed by atoms with Crippen molar-refractivity contribution in [3.63, 3.8) is 0 Å². The van der Waals surface area contributed by atoms with Crippen molar-refractivity contribution in [2.75, 3.05) is 11.9 Å². The molecule has 0 heterocycles. The normalized spacial score (nSPS) is 10.4. The molecule has 2 N–H and O–H groups in total. The third-order valence-corrected chi connectivity index (χ3v) is 3.81. The number of hydrogen-bond donors (Lipinski definition) is 2. The van der Waals surface area contributed by atoms with Gasteiger partial charge in [0.25, 0.3) is 5.76 Å². The number of thioether (sulfide) groups is 1. The van der Waals surface area contributed by atoms with E-state index in [4.69, 9.17) is 12.2 Å². The van der Waals surface area contributed by atoms with E-state index in [-0.39, 0.29) is 12.3 Å². The lowest BCUT2D eigenvalue weighted by Crippen LogP contribution is -2.33. The largest absolute Gasteiger partial charge is 0.355 e. The Kier molecular flexibility index (Phi) is 6.49. The molecule has 0 unspecified atom stereocenters. The van der Waals surface area contributed by atoms with Crippen molar-refractivity contribution >= 4 is 40.6 Å². The lowest BCUT2D eigenvalue weighted by atomic mass is 10.1. The monoisotopic (exact) mass is 352 g/mol. The van der Waals surface area contributed by atoms with Gasteiger partial charge in [-0.2, -0.15) is 8.78 Å². The molecule has 0 atom stereocenters. The minimum atomic E-state index is -2.44. The number of Topliss-reactive ketones (excluding diaryl/α,β-unsaturated/α-hetero) is 1. The van der Waals surface area contributed by atoms with E-state index in [2.05, 4.69) is 10.6 Å². The molecule has 0 amide bonds. The van der Waals surface area contributed by atoms with Crippen LogP contribution in [0.1, 0.15) is 10.4 Å². The van der Waals surface area contributed by atoms with E-state index >= 15 is 0 Å². The van der Waals surface area contributed by atoms with Crippen molar-refractivity contribution in [2.45, 2.75) is 10.7 Å². The van der Waals surface area contributed by atoms with Crippen LogP contribution < -0.4 is 10.6 Å². The number of carbonyl (C=O) groups is 1. The highest BCUT2D eigenvalue weighted by molar-refractivity contribution is 7.99. The van der Waals surface area contributed by atoms with Crippen LogP contribution in [0.25, 0.3) is 0 Å². The number of halogens is 2. The summed E-state index contributed by atoms with van der Waals surface area (Å²) >= 11 is 5.59. The maximum Gasteiger partial charge on any atom is 0.288 e. The molecule has 0 spiro atoms. The molecule has 2 rings (SSSR count). The van der Waals surface area contributed by atoms with E-state index in [1.165, 1.54) is 0 Å². The molecule has 0 bridgehead atoms. The minimum Gasteiger partial charge on any atom is -0.355 e. The topological polar surface area (TPSA) is 41.1 Å². The highest BCUT2D eigenvalue weighted by Crippen LogP contribution is 2.26. The Hall–Kier alpha value is -1.99. The van der Waals surface area contributed by atoms with Gasteiger partial charge in [-0.25, -0.2) is 0 Å². The van der Waals surface area contributed by atoms with Crippen molar-refractivity contribution in [3.8, 4) is 0 Å². The van der Waals surface area contributed by atoms with Crippen LogP contribution in [0.15, 0.2) is 59.5 Å². The molecule has 0 radical (unpaired) electrons. The number of carbonyl (C=O) groups excluding carboxylic acids is 1. The van der Waals surface area contributed by atoms with Gasteiger partial charge in [0.2, 0.25) is 0 Å². The van der Waals surface area contributed by atoms with Crippen molar-refractivity contribution < 1.29 is 13.6 Å². The average molecular weight is 352 g/mol. The van der Waals surface area contributed by atoms with E-state index in [0.717, 1.165) is 0 Å². The van der Waals surface area contributed by atoms with Gasteiger partial charge in [-0.3, -0.25) is 4.79 Å². The zero-order valence-corrected chi connectivity index (χ0v) is 13.6. The lowest BCUT2D eigenvalue weighted by molar-refractivity contribution is 0.0996. The van der Waals surface area contributed by atoms with E-state index in [0.29, 0.717) is 33.0 Å². The summed E-state index contributed by atoms with van der Waals surface area (Å²) in [4.78, 5) is 12.4. The Balaban J connectivity index is 1.81. The summed E-state index contributed by atoms with van der Waals surface area (Å²) in [6, 6.07) is 15.4. The Bertz CT molecular complexity index is 664. The lowest BCUT2D eigenvalue weighted by Gasteiger charge is -2.10. The van der Waals surface area contributed by atoms with Crippen LogP contribution in [-0.2, 0) is 0 Å². The molecule has 120 valence electrons. The number of nitrogens with one attached hydrogen (secondary N) is 2. The number of anilines is 1. The first kappa shape index (κ1) is 17.4. The Morgan fingerprint density at radius 3 is 2.35 bits per heavy atom. The second kappa shape index (κ2) is 8.59. The first-order chi connectivity index (χ1) is 11.0. The van der Waals surface area contributed by atoms with Crippen LogP contribution in [-0.4, -0.2) is 23.2 Å². The second-order valence-electron chi connectivity index (χ2n) is 4.50. The van der Waals surface area contributed by atoms with Crippen molar-refractivity contribution in [2.24, 2.45) is 0 Å². The van der Waals surface area contributed by atoms with Gasteiger partial charge in [-0.1, -0.05) is 42.1 Å². The Morgan fingerprint density at radius 1 is 1.09 bits per heavy atom. The average Bonchev–Trinajstić information content (AvgIpc) is 2.55. The summed E-state index contributed by atoms with van der Waals surface area (Å²) in [5, 5.41) is 6.02. The fraction of sp³-hybridized carbons (Fsp3) is 0.125. The number of rotatable bonds is 6. The standard InChI is InChI=1S/C16H14F2N2OS2/c17-15(18)23-13-8-6-12(7-9-13)20-16(22)19-10-14(21)11-4-2-1-3-5-11/h1-9,15H,10H2,(H2,19,20,22). The van der Waals surface area contributed by atoms with Gasteiger partial charge in [-0.15, -0.1) is 0 Å². The molecule has 0 saturated heterocycles. The molecule has 0 fully saturated rings. The highest BCUT2D eigenvalue weighted by Gasteiger charge is 2.07. The predicted octanol–water partition coefficient (Wildman–Crippen LogP) is 4.17. The zero-order chi connectivity index (χ0) is 16.7. The van der Waals surface area contributed by atoms with Crippen LogP contribution in [0.3, 0.4) is 0 Å². The fourth-order valence-corrected chi connectivity index (χ4v) is 2.47. The molecule has 0 aliphatic carbocycles. The Morgan fingerprint density at radius 2 is 1.74 bits per heavy atom. The molecular weight excluding hydrogens is 338 g/mol. The predicted molar refractivity (Wildman–Crippen MR) is 93.3 cm³/mol. The zero-order valence-electron chi connectivity index (χ0n) is 12.0. The van der Waals surface area contributed by atoms with Gasteiger partial charge in [0.15, 0.2) is 10.9 Å². The quantitative estimate of drug-likeness (QED) is 0.464. The smallest absolute Gasteiger partial charge is 0.288 e. The van der Waals surface area contributed by atoms with E-state index < -0.39 is 5.76 Å². The number of hydrogen-bond acceptors (Lipinski definition) is 3. The third kappa shape index (κ3) is 5.96. The first-order valence-electron chi connectivity index (χ1n) is 6.72. The highest BCUT2D eigenvalue weighted by atomic mass is 32.2. The summed E-state index contributed by atoms with van der Waals surface area (Å²) < 4.78 is 24.5. The number of alkyl halides is 2. The van der Waals surface area contributed by atoms with Gasteiger partial charge in [0, 0.05) is 16.1 Å². The molecular formula is C16H14F2N2OS2. The second-order valence-corrected chi connectivity index (χ2v) is 5.97. The van der Waals surface area contributed by atoms with E-state index in [1.54, 1.807) is 48.5 Å². The van der Waals surface area contributed by atoms with E-state index in [1.807, 2.05) is 6.07 Å². The fourth-order valence-electron chi connectivity index (χ4n) is 1.78. The van der Waals surface area contributed by atoms with Crippen molar-refractivity contribution in [3.05, 3.63) is 60.2 Å². The Labute approximate surface area is 142 Å². The van der Waals surface area contributed by atoms with Gasteiger partial charge >= 0.3 is 0 Å². The first-order valence-corrected chi connectivity index (χ1v) is 8.01. The van der Waals surface area contributed by atoms with Crippen molar-refractivity contribution in [1.82, 2.24) is 5.32 Å². The summed E-state index contributed by atoms with van der Waals surface area (Å²) in [5.41, 5.74) is 1.27. The molecule has 2 aromatic carbocycles. The summed E-state index contributed by atoms with van der Waals surface area (Å²) in [6.45, 7) is 0.0785. The third-order valence-electron chi connectivity index (χ3n) is 2.84. The van der Waals surface area contributed by atoms with Gasteiger partial charge in [0.05, 0.1) is 6.54 Å². The molecule has 23 heavy (non-hydrogen) atoms. The van der Waals surface area contributed by atoms with Gasteiger partial charge < -0.3 is 10.6 Å². The molecule has 0 aliphatic rings. The van der Waals surface area contributed by atoms with Crippen LogP contribution >= 0.6 is 24.0 Å². The molecule has 7 heteroatoms. The van der Waals surface area contributed by atoms with Crippen LogP contribution in [0.5, 0.6) is 0 Å². The molecule has 0 saturated carbocycles. The molecule has 0 aliphatic heterocycles. The van der Waals surface area contributed by atoms with Crippen LogP contribution in [0.2, 0.25) is 0 Å². The van der Waals surface area contributed by atoms with Crippen LogP contribution in [0.4, 0.5) is 14.5 Å². The maximum absolute atomic E-state index is 12.2. The summed E-state index contributed by atoms with van der Waals surface area (Å²) in [7, 11) is 0. The number of benzene rings is 2. The summed E-state index contributed by atoms with van der Waals surface area (Å²) in [5.74, 6) is -2.51. The van der Waals surface area contributed by atoms with E-state index in [9.17, 15) is 13.6 Å². The minimum absolute atomic E-state index is 0.0709. The molecule has 2 aromatic rings. The number of thiocarbonyl (C=S) groups is 1. The number of ketones is 1. The van der Waals surface area contributed by atoms with Gasteiger partial charge in [0.1, 0.15) is 0 Å². The molecule has 3 nitrogen and oxygen atoms in total.